The van der Waals surface area contributed by atoms with Crippen LogP contribution in [0.25, 0.3) is 0 Å². The quantitative estimate of drug-likeness (QED) is 0.464. The molecular formula is C18H33N5. The Morgan fingerprint density at radius 1 is 1.26 bits per heavy atom. The number of nitrogens with one attached hydrogen (secondary N) is 2. The molecule has 0 aromatic carbocycles. The van der Waals surface area contributed by atoms with Gasteiger partial charge in [0.05, 0.1) is 0 Å². The van der Waals surface area contributed by atoms with Crippen LogP contribution in [0.3, 0.4) is 0 Å². The Morgan fingerprint density at radius 2 is 1.96 bits per heavy atom. The van der Waals surface area contributed by atoms with E-state index in [4.69, 9.17) is 4.99 Å². The highest BCUT2D eigenvalue weighted by Crippen LogP contribution is 2.18. The molecule has 5 heteroatoms. The standard InChI is InChI=1S/C18H33N5/c1-14(2)19-18(16-10-12-22(4)13-11-16)21-23(5)20-17-8-6-15(3)7-9-17/h6,8,14,16,20H,7,9-13H2,1-5H3,(H,19,21). The van der Waals surface area contributed by atoms with Gasteiger partial charge in [-0.15, -0.1) is 5.12 Å². The minimum atomic E-state index is 0.310. The van der Waals surface area contributed by atoms with Crippen LogP contribution in [0.2, 0.25) is 0 Å². The van der Waals surface area contributed by atoms with E-state index in [0.29, 0.717) is 12.0 Å². The van der Waals surface area contributed by atoms with Gasteiger partial charge in [0.15, 0.2) is 0 Å². The van der Waals surface area contributed by atoms with Gasteiger partial charge in [0, 0.05) is 24.7 Å². The number of rotatable bonds is 5. The average molecular weight is 319 g/mol. The van der Waals surface area contributed by atoms with E-state index in [1.54, 1.807) is 0 Å². The molecule has 0 amide bonds. The molecule has 2 aliphatic rings. The van der Waals surface area contributed by atoms with Crippen LogP contribution >= 0.6 is 0 Å². The zero-order valence-electron chi connectivity index (χ0n) is 15.4. The smallest absolute Gasteiger partial charge is 0.116 e. The molecular weight excluding hydrogens is 286 g/mol. The lowest BCUT2D eigenvalue weighted by atomic mass is 9.96. The lowest BCUT2D eigenvalue weighted by Gasteiger charge is -2.33. The number of hydrazine groups is 2. The molecule has 5 nitrogen and oxygen atoms in total. The maximum atomic E-state index is 4.84. The van der Waals surface area contributed by atoms with Crippen molar-refractivity contribution in [2.75, 3.05) is 27.2 Å². The molecule has 0 bridgehead atoms. The molecule has 1 saturated heterocycles. The van der Waals surface area contributed by atoms with Crippen molar-refractivity contribution in [3.8, 4) is 0 Å². The summed E-state index contributed by atoms with van der Waals surface area (Å²) in [5, 5.41) is 1.96. The van der Waals surface area contributed by atoms with Crippen LogP contribution in [0.4, 0.5) is 0 Å². The average Bonchev–Trinajstić information content (AvgIpc) is 2.49. The molecule has 0 spiro atoms. The third-order valence-corrected chi connectivity index (χ3v) is 4.45. The largest absolute Gasteiger partial charge is 0.306 e. The first kappa shape index (κ1) is 18.0. The Balaban J connectivity index is 1.94. The van der Waals surface area contributed by atoms with E-state index in [0.717, 1.165) is 31.8 Å². The Morgan fingerprint density at radius 3 is 2.52 bits per heavy atom. The normalized spacial score (nSPS) is 21.4. The minimum Gasteiger partial charge on any atom is -0.306 e. The van der Waals surface area contributed by atoms with Gasteiger partial charge in [-0.1, -0.05) is 11.6 Å². The van der Waals surface area contributed by atoms with Gasteiger partial charge < -0.3 is 10.3 Å². The topological polar surface area (TPSA) is 42.9 Å². The van der Waals surface area contributed by atoms with Crippen molar-refractivity contribution in [1.29, 1.82) is 0 Å². The molecule has 2 N–H and O–H groups in total. The molecule has 23 heavy (non-hydrogen) atoms. The van der Waals surface area contributed by atoms with Crippen LogP contribution in [-0.4, -0.2) is 49.1 Å². The highest BCUT2D eigenvalue weighted by Gasteiger charge is 2.23. The maximum absolute atomic E-state index is 4.84. The number of allylic oxidation sites excluding steroid dienone is 4. The molecule has 1 heterocycles. The van der Waals surface area contributed by atoms with E-state index in [1.165, 1.54) is 24.1 Å². The van der Waals surface area contributed by atoms with Crippen molar-refractivity contribution >= 4 is 5.84 Å². The van der Waals surface area contributed by atoms with Gasteiger partial charge >= 0.3 is 0 Å². The van der Waals surface area contributed by atoms with Gasteiger partial charge in [-0.2, -0.15) is 0 Å². The van der Waals surface area contributed by atoms with Crippen molar-refractivity contribution in [3.63, 3.8) is 0 Å². The lowest BCUT2D eigenvalue weighted by molar-refractivity contribution is 0.202. The third kappa shape index (κ3) is 5.99. The summed E-state index contributed by atoms with van der Waals surface area (Å²) in [5.74, 6) is 1.64. The summed E-state index contributed by atoms with van der Waals surface area (Å²) in [6, 6.07) is 0.310. The second-order valence-electron chi connectivity index (χ2n) is 7.17. The monoisotopic (exact) mass is 319 g/mol. The maximum Gasteiger partial charge on any atom is 0.116 e. The molecule has 130 valence electrons. The van der Waals surface area contributed by atoms with E-state index in [1.807, 2.05) is 12.2 Å². The molecule has 2 rings (SSSR count). The molecule has 0 aromatic heterocycles. The fourth-order valence-electron chi connectivity index (χ4n) is 3.04. The highest BCUT2D eigenvalue weighted by molar-refractivity contribution is 5.84. The van der Waals surface area contributed by atoms with Gasteiger partial charge in [-0.3, -0.25) is 10.4 Å². The van der Waals surface area contributed by atoms with Crippen LogP contribution in [-0.2, 0) is 0 Å². The SMILES string of the molecule is CC1=CC=C(NN(C)NC(=NC(C)C)C2CCN(C)CC2)CC1. The molecule has 0 atom stereocenters. The number of hydrogen-bond acceptors (Lipinski definition) is 4. The van der Waals surface area contributed by atoms with Crippen molar-refractivity contribution in [1.82, 2.24) is 20.9 Å². The Labute approximate surface area is 141 Å². The first-order chi connectivity index (χ1) is 10.9. The Kier molecular flexibility index (Phi) is 6.66. The summed E-state index contributed by atoms with van der Waals surface area (Å²) in [4.78, 5) is 7.24. The fraction of sp³-hybridized carbons (Fsp3) is 0.722. The zero-order chi connectivity index (χ0) is 16.8. The number of nitrogens with zero attached hydrogens (tertiary/aromatic N) is 3. The molecule has 0 radical (unpaired) electrons. The molecule has 1 aliphatic heterocycles. The molecule has 0 aromatic rings. The van der Waals surface area contributed by atoms with Crippen molar-refractivity contribution in [2.24, 2.45) is 10.9 Å². The predicted molar refractivity (Wildman–Crippen MR) is 97.9 cm³/mol. The number of piperidine rings is 1. The summed E-state index contributed by atoms with van der Waals surface area (Å²) < 4.78 is 0. The van der Waals surface area contributed by atoms with Gasteiger partial charge in [0.1, 0.15) is 5.84 Å². The van der Waals surface area contributed by atoms with Gasteiger partial charge in [-0.05, 0) is 72.7 Å². The van der Waals surface area contributed by atoms with Crippen LogP contribution in [0, 0.1) is 5.92 Å². The minimum absolute atomic E-state index is 0.310. The third-order valence-electron chi connectivity index (χ3n) is 4.45. The summed E-state index contributed by atoms with van der Waals surface area (Å²) in [6.45, 7) is 8.76. The Hall–Kier alpha value is -1.33. The number of hydrogen-bond donors (Lipinski definition) is 2. The first-order valence-electron chi connectivity index (χ1n) is 8.83. The van der Waals surface area contributed by atoms with Crippen LogP contribution in [0.1, 0.15) is 46.5 Å². The number of amidine groups is 1. The highest BCUT2D eigenvalue weighted by atomic mass is 15.7. The van der Waals surface area contributed by atoms with Gasteiger partial charge in [0.2, 0.25) is 0 Å². The van der Waals surface area contributed by atoms with E-state index >= 15 is 0 Å². The van der Waals surface area contributed by atoms with Crippen LogP contribution < -0.4 is 10.9 Å². The number of likely N-dealkylation sites (tertiary alicyclic amines) is 1. The van der Waals surface area contributed by atoms with E-state index < -0.39 is 0 Å². The lowest BCUT2D eigenvalue weighted by Crippen LogP contribution is -2.51. The summed E-state index contributed by atoms with van der Waals surface area (Å²) in [7, 11) is 4.22. The van der Waals surface area contributed by atoms with Crippen LogP contribution in [0.5, 0.6) is 0 Å². The molecule has 1 fully saturated rings. The molecule has 0 unspecified atom stereocenters. The first-order valence-corrected chi connectivity index (χ1v) is 8.83. The van der Waals surface area contributed by atoms with Crippen LogP contribution in [0.15, 0.2) is 28.4 Å². The van der Waals surface area contributed by atoms with Crippen molar-refractivity contribution < 1.29 is 0 Å². The van der Waals surface area contributed by atoms with Crippen molar-refractivity contribution in [2.45, 2.75) is 52.5 Å². The summed E-state index contributed by atoms with van der Waals surface area (Å²) >= 11 is 0. The number of aliphatic imine (C=N–C) groups is 1. The molecule has 1 aliphatic carbocycles. The second-order valence-corrected chi connectivity index (χ2v) is 7.17. The second kappa shape index (κ2) is 8.50. The fourth-order valence-corrected chi connectivity index (χ4v) is 3.04. The molecule has 0 saturated carbocycles. The summed E-state index contributed by atoms with van der Waals surface area (Å²) in [5.41, 5.74) is 9.61. The predicted octanol–water partition coefficient (Wildman–Crippen LogP) is 2.70. The summed E-state index contributed by atoms with van der Waals surface area (Å²) in [6.07, 6.45) is 8.92. The van der Waals surface area contributed by atoms with Gasteiger partial charge in [0.25, 0.3) is 0 Å². The van der Waals surface area contributed by atoms with E-state index in [9.17, 15) is 0 Å². The van der Waals surface area contributed by atoms with E-state index in [-0.39, 0.29) is 0 Å². The Bertz CT molecular complexity index is 470. The van der Waals surface area contributed by atoms with Crippen molar-refractivity contribution in [3.05, 3.63) is 23.4 Å². The van der Waals surface area contributed by atoms with Gasteiger partial charge in [-0.25, -0.2) is 0 Å². The zero-order valence-corrected chi connectivity index (χ0v) is 15.4. The van der Waals surface area contributed by atoms with E-state index in [2.05, 4.69) is 55.7 Å².